The lowest BCUT2D eigenvalue weighted by Crippen LogP contribution is -2.47. The van der Waals surface area contributed by atoms with E-state index in [-0.39, 0.29) is 5.91 Å². The fourth-order valence-electron chi connectivity index (χ4n) is 4.42. The van der Waals surface area contributed by atoms with Gasteiger partial charge in [-0.15, -0.1) is 11.3 Å². The highest BCUT2D eigenvalue weighted by molar-refractivity contribution is 7.09. The third kappa shape index (κ3) is 6.48. The van der Waals surface area contributed by atoms with Crippen LogP contribution in [0.1, 0.15) is 43.9 Å². The Morgan fingerprint density at radius 3 is 2.86 bits per heavy atom. The molecule has 1 aromatic heterocycles. The molecular formula is C21H35N5OS. The molecule has 2 unspecified atom stereocenters. The van der Waals surface area contributed by atoms with Crippen molar-refractivity contribution in [3.05, 3.63) is 22.4 Å². The van der Waals surface area contributed by atoms with Crippen molar-refractivity contribution in [2.45, 2.75) is 45.6 Å². The third-order valence-electron chi connectivity index (χ3n) is 5.71. The second kappa shape index (κ2) is 10.8. The van der Waals surface area contributed by atoms with Gasteiger partial charge in [0.1, 0.15) is 0 Å². The van der Waals surface area contributed by atoms with Gasteiger partial charge in [0, 0.05) is 50.6 Å². The fraction of sp³-hybridized carbons (Fsp3) is 0.714. The Hall–Kier alpha value is -1.60. The molecule has 6 nitrogen and oxygen atoms in total. The van der Waals surface area contributed by atoms with Crippen molar-refractivity contribution in [1.29, 1.82) is 0 Å². The minimum Gasteiger partial charge on any atom is -0.370 e. The number of hydrogen-bond acceptors (Lipinski definition) is 4. The number of hydrogen-bond donors (Lipinski definition) is 2. The molecule has 0 spiro atoms. The van der Waals surface area contributed by atoms with E-state index in [0.29, 0.717) is 18.3 Å². The number of nitrogens with two attached hydrogens (primary N) is 1. The monoisotopic (exact) mass is 405 g/mol. The summed E-state index contributed by atoms with van der Waals surface area (Å²) in [5, 5.41) is 5.62. The lowest BCUT2D eigenvalue weighted by atomic mass is 9.95. The summed E-state index contributed by atoms with van der Waals surface area (Å²) < 4.78 is 0. The normalized spacial score (nSPS) is 24.3. The molecular weight excluding hydrogens is 370 g/mol. The first-order valence-electron chi connectivity index (χ1n) is 10.7. The van der Waals surface area contributed by atoms with Gasteiger partial charge < -0.3 is 16.0 Å². The molecule has 3 N–H and O–H groups in total. The standard InChI is InChI=1S/C21H35N5OS/c1-2-23-21(26-10-4-6-17(15-26)12-20(22)27)24-13-18-7-3-9-25(14-18)16-19-8-5-11-28-19/h5,8,11,17-18H,2-4,6-7,9-10,12-16H2,1H3,(H2,22,27)(H,23,24). The highest BCUT2D eigenvalue weighted by atomic mass is 32.1. The van der Waals surface area contributed by atoms with Crippen LogP contribution in [0, 0.1) is 11.8 Å². The topological polar surface area (TPSA) is 74.0 Å². The first-order valence-corrected chi connectivity index (χ1v) is 11.6. The number of thiophene rings is 1. The van der Waals surface area contributed by atoms with Gasteiger partial charge in [-0.25, -0.2) is 0 Å². The molecule has 7 heteroatoms. The zero-order valence-corrected chi connectivity index (χ0v) is 17.9. The molecule has 3 rings (SSSR count). The van der Waals surface area contributed by atoms with Crippen molar-refractivity contribution >= 4 is 23.2 Å². The second-order valence-electron chi connectivity index (χ2n) is 8.14. The van der Waals surface area contributed by atoms with E-state index in [0.717, 1.165) is 58.1 Å². The van der Waals surface area contributed by atoms with Gasteiger partial charge in [0.15, 0.2) is 5.96 Å². The number of nitrogens with zero attached hydrogens (tertiary/aromatic N) is 3. The molecule has 1 aromatic rings. The molecule has 2 aliphatic heterocycles. The Morgan fingerprint density at radius 1 is 1.29 bits per heavy atom. The molecule has 3 heterocycles. The molecule has 0 saturated carbocycles. The summed E-state index contributed by atoms with van der Waals surface area (Å²) in [4.78, 5) is 22.6. The van der Waals surface area contributed by atoms with E-state index in [9.17, 15) is 4.79 Å². The maximum Gasteiger partial charge on any atom is 0.217 e. The Labute approximate surface area is 173 Å². The average Bonchev–Trinajstić information content (AvgIpc) is 3.18. The largest absolute Gasteiger partial charge is 0.370 e. The number of likely N-dealkylation sites (tertiary alicyclic amines) is 2. The zero-order valence-electron chi connectivity index (χ0n) is 17.1. The van der Waals surface area contributed by atoms with Crippen LogP contribution >= 0.6 is 11.3 Å². The quantitative estimate of drug-likeness (QED) is 0.540. The highest BCUT2D eigenvalue weighted by Gasteiger charge is 2.25. The molecule has 0 bridgehead atoms. The molecule has 0 aliphatic carbocycles. The highest BCUT2D eigenvalue weighted by Crippen LogP contribution is 2.22. The Bertz CT molecular complexity index is 633. The second-order valence-corrected chi connectivity index (χ2v) is 9.17. The number of amides is 1. The molecule has 2 fully saturated rings. The van der Waals surface area contributed by atoms with Crippen LogP contribution in [0.3, 0.4) is 0 Å². The minimum atomic E-state index is -0.193. The third-order valence-corrected chi connectivity index (χ3v) is 6.57. The Balaban J connectivity index is 1.55. The number of aliphatic imine (C=N–C) groups is 1. The zero-order chi connectivity index (χ0) is 19.8. The van der Waals surface area contributed by atoms with Gasteiger partial charge >= 0.3 is 0 Å². The predicted molar refractivity (Wildman–Crippen MR) is 116 cm³/mol. The van der Waals surface area contributed by atoms with Crippen LogP contribution in [-0.4, -0.2) is 60.9 Å². The summed E-state index contributed by atoms with van der Waals surface area (Å²) in [6.45, 7) is 9.14. The molecule has 2 aliphatic rings. The van der Waals surface area contributed by atoms with Crippen molar-refractivity contribution in [2.75, 3.05) is 39.3 Å². The van der Waals surface area contributed by atoms with Gasteiger partial charge in [0.05, 0.1) is 0 Å². The Morgan fingerprint density at radius 2 is 2.11 bits per heavy atom. The summed E-state index contributed by atoms with van der Waals surface area (Å²) >= 11 is 1.85. The van der Waals surface area contributed by atoms with E-state index in [2.05, 4.69) is 39.6 Å². The van der Waals surface area contributed by atoms with E-state index in [1.54, 1.807) is 0 Å². The predicted octanol–water partition coefficient (Wildman–Crippen LogP) is 2.51. The van der Waals surface area contributed by atoms with Gasteiger partial charge in [-0.1, -0.05) is 6.07 Å². The minimum absolute atomic E-state index is 0.193. The van der Waals surface area contributed by atoms with Crippen molar-refractivity contribution < 1.29 is 4.79 Å². The first kappa shape index (κ1) is 21.1. The molecule has 156 valence electrons. The molecule has 1 amide bonds. The maximum absolute atomic E-state index is 11.3. The van der Waals surface area contributed by atoms with Gasteiger partial charge in [0.2, 0.25) is 5.91 Å². The first-order chi connectivity index (χ1) is 13.6. The van der Waals surface area contributed by atoms with Gasteiger partial charge in [-0.2, -0.15) is 0 Å². The number of rotatable bonds is 7. The lowest BCUT2D eigenvalue weighted by molar-refractivity contribution is -0.119. The van der Waals surface area contributed by atoms with Crippen LogP contribution in [-0.2, 0) is 11.3 Å². The van der Waals surface area contributed by atoms with E-state index >= 15 is 0 Å². The van der Waals surface area contributed by atoms with Crippen molar-refractivity contribution in [1.82, 2.24) is 15.1 Å². The van der Waals surface area contributed by atoms with Crippen LogP contribution in [0.4, 0.5) is 0 Å². The molecule has 0 radical (unpaired) electrons. The molecule has 2 saturated heterocycles. The van der Waals surface area contributed by atoms with Crippen LogP contribution in [0.2, 0.25) is 0 Å². The molecule has 0 aromatic carbocycles. The van der Waals surface area contributed by atoms with Gasteiger partial charge in [-0.3, -0.25) is 14.7 Å². The molecule has 2 atom stereocenters. The molecule has 28 heavy (non-hydrogen) atoms. The lowest BCUT2D eigenvalue weighted by Gasteiger charge is -2.35. The summed E-state index contributed by atoms with van der Waals surface area (Å²) in [6.07, 6.45) is 5.18. The number of primary amides is 1. The van der Waals surface area contributed by atoms with Gasteiger partial charge in [0.25, 0.3) is 0 Å². The number of carbonyl (C=O) groups excluding carboxylic acids is 1. The smallest absolute Gasteiger partial charge is 0.217 e. The van der Waals surface area contributed by atoms with Crippen molar-refractivity contribution in [3.8, 4) is 0 Å². The van der Waals surface area contributed by atoms with E-state index in [1.165, 1.54) is 24.3 Å². The SMILES string of the molecule is CCNC(=NCC1CCCN(Cc2cccs2)C1)N1CCCC(CC(N)=O)C1. The van der Waals surface area contributed by atoms with Crippen molar-refractivity contribution in [3.63, 3.8) is 0 Å². The summed E-state index contributed by atoms with van der Waals surface area (Å²) in [7, 11) is 0. The van der Waals surface area contributed by atoms with Crippen LogP contribution < -0.4 is 11.1 Å². The van der Waals surface area contributed by atoms with Gasteiger partial charge in [-0.05, 0) is 62.4 Å². The number of carbonyl (C=O) groups is 1. The number of piperidine rings is 2. The van der Waals surface area contributed by atoms with E-state index in [1.807, 2.05) is 11.3 Å². The Kier molecular flexibility index (Phi) is 8.15. The fourth-order valence-corrected chi connectivity index (χ4v) is 5.16. The van der Waals surface area contributed by atoms with Crippen LogP contribution in [0.25, 0.3) is 0 Å². The van der Waals surface area contributed by atoms with Crippen LogP contribution in [0.5, 0.6) is 0 Å². The summed E-state index contributed by atoms with van der Waals surface area (Å²) in [5.74, 6) is 1.79. The number of nitrogens with one attached hydrogen (secondary N) is 1. The summed E-state index contributed by atoms with van der Waals surface area (Å²) in [6, 6.07) is 4.37. The average molecular weight is 406 g/mol. The van der Waals surface area contributed by atoms with E-state index in [4.69, 9.17) is 10.7 Å². The summed E-state index contributed by atoms with van der Waals surface area (Å²) in [5.41, 5.74) is 5.41. The number of guanidine groups is 1. The van der Waals surface area contributed by atoms with Crippen molar-refractivity contribution in [2.24, 2.45) is 22.6 Å². The van der Waals surface area contributed by atoms with Crippen LogP contribution in [0.15, 0.2) is 22.5 Å². The maximum atomic E-state index is 11.3. The van der Waals surface area contributed by atoms with E-state index < -0.39 is 0 Å².